The summed E-state index contributed by atoms with van der Waals surface area (Å²) in [7, 11) is 1.70. The fourth-order valence-corrected chi connectivity index (χ4v) is 4.07. The smallest absolute Gasteiger partial charge is 0.267 e. The second-order valence-corrected chi connectivity index (χ2v) is 8.01. The summed E-state index contributed by atoms with van der Waals surface area (Å²) in [6.07, 6.45) is 0. The third kappa shape index (κ3) is 4.17. The predicted octanol–water partition coefficient (Wildman–Crippen LogP) is 3.97. The number of ether oxygens (including phenoxy) is 1. The molecule has 0 aromatic heterocycles. The molecule has 1 aliphatic rings. The number of nitrogens with zero attached hydrogens (tertiary/aromatic N) is 2. The number of carbonyl (C=O) groups is 1. The number of likely N-dealkylation sites (tertiary alicyclic amines) is 1. The molecular formula is C22H28ClN3O2. The van der Waals surface area contributed by atoms with Gasteiger partial charge in [-0.05, 0) is 61.7 Å². The number of benzene rings is 2. The van der Waals surface area contributed by atoms with Gasteiger partial charge in [0.05, 0.1) is 7.11 Å². The zero-order valence-electron chi connectivity index (χ0n) is 16.9. The minimum absolute atomic E-state index is 0.198. The molecule has 0 aliphatic carbocycles. The van der Waals surface area contributed by atoms with E-state index in [4.69, 9.17) is 22.2 Å². The first-order chi connectivity index (χ1) is 13.3. The Kier molecular flexibility index (Phi) is 6.28. The predicted molar refractivity (Wildman–Crippen MR) is 113 cm³/mol. The Bertz CT molecular complexity index is 865. The average Bonchev–Trinajstić information content (AvgIpc) is 2.65. The van der Waals surface area contributed by atoms with Gasteiger partial charge in [-0.2, -0.15) is 0 Å². The van der Waals surface area contributed by atoms with Crippen molar-refractivity contribution in [1.29, 1.82) is 0 Å². The Morgan fingerprint density at radius 1 is 1.29 bits per heavy atom. The lowest BCUT2D eigenvalue weighted by Crippen LogP contribution is -2.54. The standard InChI is InChI=1S/C22H28ClN3O2/c1-14-15(2)21(28-4)9-8-20(14)16(3)25-11-17(12-25)13-26(24)22(27)18-6-5-7-19(23)10-18/h5-10,16-17H,11-13,24H2,1-4H3. The van der Waals surface area contributed by atoms with E-state index in [9.17, 15) is 4.79 Å². The maximum atomic E-state index is 12.5. The molecule has 3 rings (SSSR count). The van der Waals surface area contributed by atoms with Crippen molar-refractivity contribution in [1.82, 2.24) is 9.91 Å². The average molecular weight is 402 g/mol. The van der Waals surface area contributed by atoms with Crippen LogP contribution in [0.4, 0.5) is 0 Å². The molecule has 1 aliphatic heterocycles. The van der Waals surface area contributed by atoms with Crippen molar-refractivity contribution < 1.29 is 9.53 Å². The Balaban J connectivity index is 1.57. The van der Waals surface area contributed by atoms with Crippen molar-refractivity contribution in [2.24, 2.45) is 11.8 Å². The van der Waals surface area contributed by atoms with Crippen LogP contribution in [0.5, 0.6) is 5.75 Å². The van der Waals surface area contributed by atoms with Crippen molar-refractivity contribution in [3.63, 3.8) is 0 Å². The number of rotatable bonds is 6. The fraction of sp³-hybridized carbons (Fsp3) is 0.409. The molecule has 1 atom stereocenters. The first kappa shape index (κ1) is 20.6. The van der Waals surface area contributed by atoms with Crippen LogP contribution < -0.4 is 10.6 Å². The number of carbonyl (C=O) groups excluding carboxylic acids is 1. The van der Waals surface area contributed by atoms with E-state index < -0.39 is 0 Å². The van der Waals surface area contributed by atoms with Crippen LogP contribution >= 0.6 is 11.6 Å². The zero-order chi connectivity index (χ0) is 20.4. The molecule has 6 heteroatoms. The summed E-state index contributed by atoms with van der Waals surface area (Å²) in [5.74, 6) is 7.12. The molecule has 1 saturated heterocycles. The highest BCUT2D eigenvalue weighted by atomic mass is 35.5. The number of halogens is 1. The van der Waals surface area contributed by atoms with E-state index in [-0.39, 0.29) is 5.91 Å². The van der Waals surface area contributed by atoms with E-state index in [1.807, 2.05) is 6.07 Å². The highest BCUT2D eigenvalue weighted by Gasteiger charge is 2.33. The number of nitrogens with two attached hydrogens (primary N) is 1. The lowest BCUT2D eigenvalue weighted by Gasteiger charge is -2.44. The molecule has 1 unspecified atom stereocenters. The quantitative estimate of drug-likeness (QED) is 0.452. The van der Waals surface area contributed by atoms with E-state index >= 15 is 0 Å². The maximum absolute atomic E-state index is 12.5. The van der Waals surface area contributed by atoms with Crippen molar-refractivity contribution >= 4 is 17.5 Å². The van der Waals surface area contributed by atoms with Crippen molar-refractivity contribution in [2.75, 3.05) is 26.7 Å². The topological polar surface area (TPSA) is 58.8 Å². The van der Waals surface area contributed by atoms with Crippen LogP contribution in [0.1, 0.15) is 40.0 Å². The molecule has 28 heavy (non-hydrogen) atoms. The monoisotopic (exact) mass is 401 g/mol. The second-order valence-electron chi connectivity index (χ2n) is 7.57. The Morgan fingerprint density at radius 3 is 2.64 bits per heavy atom. The van der Waals surface area contributed by atoms with E-state index in [1.165, 1.54) is 21.7 Å². The lowest BCUT2D eigenvalue weighted by molar-refractivity contribution is 0.0316. The molecular weight excluding hydrogens is 374 g/mol. The second kappa shape index (κ2) is 8.52. The van der Waals surface area contributed by atoms with E-state index in [1.54, 1.807) is 31.4 Å². The summed E-state index contributed by atoms with van der Waals surface area (Å²) < 4.78 is 5.42. The van der Waals surface area contributed by atoms with Crippen LogP contribution in [0.15, 0.2) is 36.4 Å². The number of hydrazine groups is 1. The molecule has 1 amide bonds. The number of hydrogen-bond donors (Lipinski definition) is 1. The van der Waals surface area contributed by atoms with Gasteiger partial charge in [-0.1, -0.05) is 23.7 Å². The van der Waals surface area contributed by atoms with Gasteiger partial charge >= 0.3 is 0 Å². The van der Waals surface area contributed by atoms with Crippen LogP contribution in [0.3, 0.4) is 0 Å². The van der Waals surface area contributed by atoms with Crippen LogP contribution in [0, 0.1) is 19.8 Å². The maximum Gasteiger partial charge on any atom is 0.267 e. The van der Waals surface area contributed by atoms with E-state index in [2.05, 4.69) is 31.7 Å². The molecule has 0 spiro atoms. The van der Waals surface area contributed by atoms with Crippen LogP contribution in [-0.2, 0) is 0 Å². The van der Waals surface area contributed by atoms with E-state index in [0.29, 0.717) is 29.1 Å². The highest BCUT2D eigenvalue weighted by molar-refractivity contribution is 6.30. The Morgan fingerprint density at radius 2 is 2.00 bits per heavy atom. The summed E-state index contributed by atoms with van der Waals surface area (Å²) in [6.45, 7) is 8.84. The van der Waals surface area contributed by atoms with E-state index in [0.717, 1.165) is 18.8 Å². The third-order valence-electron chi connectivity index (χ3n) is 5.77. The minimum Gasteiger partial charge on any atom is -0.496 e. The fourth-order valence-electron chi connectivity index (χ4n) is 3.88. The van der Waals surface area contributed by atoms with Gasteiger partial charge in [-0.15, -0.1) is 0 Å². The van der Waals surface area contributed by atoms with Gasteiger partial charge in [0.2, 0.25) is 0 Å². The van der Waals surface area contributed by atoms with Crippen molar-refractivity contribution in [3.8, 4) is 5.75 Å². The van der Waals surface area contributed by atoms with Crippen molar-refractivity contribution in [2.45, 2.75) is 26.8 Å². The molecule has 2 aromatic carbocycles. The molecule has 2 aromatic rings. The van der Waals surface area contributed by atoms with Gasteiger partial charge in [0.1, 0.15) is 5.75 Å². The number of hydrogen-bond acceptors (Lipinski definition) is 4. The summed E-state index contributed by atoms with van der Waals surface area (Å²) in [6, 6.07) is 11.4. The van der Waals surface area contributed by atoms with Gasteiger partial charge in [-0.3, -0.25) is 14.7 Å². The molecule has 5 nitrogen and oxygen atoms in total. The SMILES string of the molecule is COc1ccc(C(C)N2CC(CN(N)C(=O)c3cccc(Cl)c3)C2)c(C)c1C. The largest absolute Gasteiger partial charge is 0.496 e. The first-order valence-electron chi connectivity index (χ1n) is 9.52. The molecule has 2 N–H and O–H groups in total. The third-order valence-corrected chi connectivity index (χ3v) is 6.00. The van der Waals surface area contributed by atoms with Crippen molar-refractivity contribution in [3.05, 3.63) is 63.7 Å². The summed E-state index contributed by atoms with van der Waals surface area (Å²) in [5.41, 5.74) is 4.29. The lowest BCUT2D eigenvalue weighted by atomic mass is 9.91. The minimum atomic E-state index is -0.198. The van der Waals surface area contributed by atoms with Gasteiger partial charge < -0.3 is 4.74 Å². The first-order valence-corrected chi connectivity index (χ1v) is 9.89. The van der Waals surface area contributed by atoms with Gasteiger partial charge in [-0.25, -0.2) is 5.84 Å². The van der Waals surface area contributed by atoms with Gasteiger partial charge in [0.15, 0.2) is 0 Å². The molecule has 1 fully saturated rings. The molecule has 0 radical (unpaired) electrons. The van der Waals surface area contributed by atoms with Crippen LogP contribution in [0.25, 0.3) is 0 Å². The highest BCUT2D eigenvalue weighted by Crippen LogP contribution is 2.34. The molecule has 150 valence electrons. The molecule has 0 saturated carbocycles. The van der Waals surface area contributed by atoms with Gasteiger partial charge in [0.25, 0.3) is 5.91 Å². The van der Waals surface area contributed by atoms with Gasteiger partial charge in [0, 0.05) is 42.2 Å². The Hall–Kier alpha value is -2.08. The number of amides is 1. The van der Waals surface area contributed by atoms with Crippen LogP contribution in [-0.4, -0.2) is 42.6 Å². The molecule has 0 bridgehead atoms. The van der Waals surface area contributed by atoms with Crippen LogP contribution in [0.2, 0.25) is 5.02 Å². The number of methoxy groups -OCH3 is 1. The summed E-state index contributed by atoms with van der Waals surface area (Å²) in [5, 5.41) is 1.84. The summed E-state index contributed by atoms with van der Waals surface area (Å²) >= 11 is 5.97. The Labute approximate surface area is 172 Å². The zero-order valence-corrected chi connectivity index (χ0v) is 17.7. The normalized spacial score (nSPS) is 15.8. The molecule has 1 heterocycles. The summed E-state index contributed by atoms with van der Waals surface area (Å²) in [4.78, 5) is 14.9.